The summed E-state index contributed by atoms with van der Waals surface area (Å²) < 4.78 is 5.42. The van der Waals surface area contributed by atoms with Crippen LogP contribution in [0.2, 0.25) is 0 Å². The summed E-state index contributed by atoms with van der Waals surface area (Å²) in [5.41, 5.74) is 3.83. The smallest absolute Gasteiger partial charge is 0.274 e. The summed E-state index contributed by atoms with van der Waals surface area (Å²) in [4.78, 5) is 20.6. The second-order valence-electron chi connectivity index (χ2n) is 7.65. The molecule has 1 aliphatic rings. The third-order valence-electron chi connectivity index (χ3n) is 5.49. The molecule has 1 saturated heterocycles. The molecule has 3 heterocycles. The van der Waals surface area contributed by atoms with Crippen molar-refractivity contribution in [2.75, 3.05) is 35.7 Å². The van der Waals surface area contributed by atoms with Crippen molar-refractivity contribution in [3.8, 4) is 0 Å². The normalized spacial score (nSPS) is 15.3. The molecular weight excluding hydrogens is 396 g/mol. The fourth-order valence-corrected chi connectivity index (χ4v) is 3.82. The van der Waals surface area contributed by atoms with E-state index in [0.29, 0.717) is 11.9 Å². The van der Waals surface area contributed by atoms with Crippen LogP contribution in [-0.2, 0) is 4.74 Å². The Balaban J connectivity index is 1.48. The van der Waals surface area contributed by atoms with Crippen molar-refractivity contribution in [2.24, 2.45) is 0 Å². The van der Waals surface area contributed by atoms with E-state index < -0.39 is 4.92 Å². The largest absolute Gasteiger partial charge is 0.381 e. The highest BCUT2D eigenvalue weighted by atomic mass is 16.6. The van der Waals surface area contributed by atoms with Crippen LogP contribution in [0.15, 0.2) is 54.7 Å². The summed E-state index contributed by atoms with van der Waals surface area (Å²) in [6, 6.07) is 9.82. The monoisotopic (exact) mass is 422 g/mol. The van der Waals surface area contributed by atoms with Gasteiger partial charge in [0.05, 0.1) is 28.6 Å². The van der Waals surface area contributed by atoms with E-state index in [1.807, 2.05) is 37.3 Å². The first-order valence-corrected chi connectivity index (χ1v) is 10.2. The van der Waals surface area contributed by atoms with E-state index in [1.165, 1.54) is 0 Å². The van der Waals surface area contributed by atoms with Gasteiger partial charge in [-0.1, -0.05) is 11.6 Å². The number of nitrogens with one attached hydrogen (secondary N) is 3. The molecule has 0 bridgehead atoms. The van der Waals surface area contributed by atoms with Crippen molar-refractivity contribution in [1.82, 2.24) is 9.97 Å². The van der Waals surface area contributed by atoms with Gasteiger partial charge in [0, 0.05) is 37.3 Å². The molecule has 1 fully saturated rings. The van der Waals surface area contributed by atoms with Crippen molar-refractivity contribution in [3.05, 3.63) is 70.4 Å². The predicted molar refractivity (Wildman–Crippen MR) is 122 cm³/mol. The summed E-state index contributed by atoms with van der Waals surface area (Å²) in [5, 5.41) is 18.2. The number of benzene rings is 1. The lowest BCUT2D eigenvalue weighted by Crippen LogP contribution is -2.36. The Morgan fingerprint density at radius 2 is 2.10 bits per heavy atom. The lowest BCUT2D eigenvalue weighted by atomic mass is 10.1. The molecule has 0 atom stereocenters. The maximum Gasteiger partial charge on any atom is 0.274 e. The number of aryl methyl sites for hydroxylation is 1. The first-order chi connectivity index (χ1) is 15.0. The molecule has 9 nitrogen and oxygen atoms in total. The molecule has 0 aliphatic carbocycles. The number of nitrogens with zero attached hydrogens (tertiary/aromatic N) is 3. The fourth-order valence-electron chi connectivity index (χ4n) is 3.82. The molecular formula is C22H26N6O3. The molecule has 3 aromatic rings. The van der Waals surface area contributed by atoms with Crippen LogP contribution in [0.3, 0.4) is 0 Å². The third kappa shape index (κ3) is 4.95. The Labute approximate surface area is 180 Å². The molecule has 0 radical (unpaired) electrons. The molecule has 1 aromatic carbocycles. The van der Waals surface area contributed by atoms with Crippen LogP contribution >= 0.6 is 0 Å². The van der Waals surface area contributed by atoms with Crippen molar-refractivity contribution >= 4 is 28.1 Å². The standard InChI is InChI=1S/C22H26N6O3/c1-15-3-5-19-18(11-15)20(13-23-19)25-22(14-28(29)30)26-21-6-4-16(12-24-21)27-9-7-17(31-2)8-10-27/h3-6,11-14,17,23,25H,7-10H2,1-2H3,(H,24,26)/b22-14+. The number of aromatic amines is 1. The second kappa shape index (κ2) is 9.05. The minimum Gasteiger partial charge on any atom is -0.381 e. The number of hydrogen-bond donors (Lipinski definition) is 3. The van der Waals surface area contributed by atoms with Gasteiger partial charge in [-0.05, 0) is 44.0 Å². The summed E-state index contributed by atoms with van der Waals surface area (Å²) in [5.74, 6) is 0.751. The Kier molecular flexibility index (Phi) is 6.03. The van der Waals surface area contributed by atoms with E-state index in [0.717, 1.165) is 60.0 Å². The van der Waals surface area contributed by atoms with Gasteiger partial charge in [0.2, 0.25) is 0 Å². The van der Waals surface area contributed by atoms with Gasteiger partial charge in [0.25, 0.3) is 6.20 Å². The minimum atomic E-state index is -0.496. The minimum absolute atomic E-state index is 0.230. The number of aromatic nitrogens is 2. The van der Waals surface area contributed by atoms with Gasteiger partial charge in [0.1, 0.15) is 5.82 Å². The van der Waals surface area contributed by atoms with Crippen molar-refractivity contribution in [3.63, 3.8) is 0 Å². The number of ether oxygens (including phenoxy) is 1. The van der Waals surface area contributed by atoms with Crippen molar-refractivity contribution < 1.29 is 9.66 Å². The van der Waals surface area contributed by atoms with Gasteiger partial charge in [-0.25, -0.2) is 4.98 Å². The van der Waals surface area contributed by atoms with Crippen molar-refractivity contribution in [1.29, 1.82) is 0 Å². The molecule has 2 aromatic heterocycles. The summed E-state index contributed by atoms with van der Waals surface area (Å²) in [6.07, 6.45) is 6.77. The predicted octanol–water partition coefficient (Wildman–Crippen LogP) is 4.09. The van der Waals surface area contributed by atoms with E-state index in [2.05, 4.69) is 25.5 Å². The summed E-state index contributed by atoms with van der Waals surface area (Å²) in [6.45, 7) is 3.84. The van der Waals surface area contributed by atoms with Crippen LogP contribution in [0.5, 0.6) is 0 Å². The molecule has 0 saturated carbocycles. The molecule has 0 amide bonds. The number of methoxy groups -OCH3 is 1. The number of H-pyrrole nitrogens is 1. The Morgan fingerprint density at radius 3 is 2.77 bits per heavy atom. The number of anilines is 3. The summed E-state index contributed by atoms with van der Waals surface area (Å²) in [7, 11) is 1.75. The van der Waals surface area contributed by atoms with Crippen LogP contribution in [0, 0.1) is 17.0 Å². The second-order valence-corrected chi connectivity index (χ2v) is 7.65. The quantitative estimate of drug-likeness (QED) is 0.389. The zero-order valence-corrected chi connectivity index (χ0v) is 17.6. The van der Waals surface area contributed by atoms with Gasteiger partial charge in [-0.3, -0.25) is 10.1 Å². The molecule has 0 spiro atoms. The van der Waals surface area contributed by atoms with Crippen LogP contribution in [0.1, 0.15) is 18.4 Å². The van der Waals surface area contributed by atoms with E-state index in [4.69, 9.17) is 4.74 Å². The van der Waals surface area contributed by atoms with Crippen LogP contribution in [0.4, 0.5) is 17.2 Å². The molecule has 3 N–H and O–H groups in total. The van der Waals surface area contributed by atoms with Gasteiger partial charge >= 0.3 is 0 Å². The summed E-state index contributed by atoms with van der Waals surface area (Å²) >= 11 is 0. The highest BCUT2D eigenvalue weighted by Crippen LogP contribution is 2.26. The highest BCUT2D eigenvalue weighted by molar-refractivity contribution is 5.93. The number of hydrogen-bond acceptors (Lipinski definition) is 7. The Bertz CT molecular complexity index is 1080. The van der Waals surface area contributed by atoms with Gasteiger partial charge < -0.3 is 25.3 Å². The number of piperidine rings is 1. The van der Waals surface area contributed by atoms with Crippen LogP contribution in [0.25, 0.3) is 10.9 Å². The van der Waals surface area contributed by atoms with Gasteiger partial charge in [-0.2, -0.15) is 0 Å². The van der Waals surface area contributed by atoms with Crippen LogP contribution < -0.4 is 15.5 Å². The Morgan fingerprint density at radius 1 is 1.29 bits per heavy atom. The Hall–Kier alpha value is -3.59. The topological polar surface area (TPSA) is 108 Å². The lowest BCUT2D eigenvalue weighted by Gasteiger charge is -2.32. The molecule has 1 aliphatic heterocycles. The maximum absolute atomic E-state index is 11.2. The van der Waals surface area contributed by atoms with Crippen LogP contribution in [-0.4, -0.2) is 41.2 Å². The van der Waals surface area contributed by atoms with Gasteiger partial charge in [0.15, 0.2) is 5.82 Å². The molecule has 162 valence electrons. The fraction of sp³-hybridized carbons (Fsp3) is 0.318. The first-order valence-electron chi connectivity index (χ1n) is 10.2. The number of pyridine rings is 1. The lowest BCUT2D eigenvalue weighted by molar-refractivity contribution is -0.403. The van der Waals surface area contributed by atoms with E-state index in [-0.39, 0.29) is 5.82 Å². The highest BCUT2D eigenvalue weighted by Gasteiger charge is 2.19. The molecule has 4 rings (SSSR count). The molecule has 0 unspecified atom stereocenters. The van der Waals surface area contributed by atoms with E-state index in [9.17, 15) is 10.1 Å². The van der Waals surface area contributed by atoms with Crippen molar-refractivity contribution in [2.45, 2.75) is 25.9 Å². The zero-order chi connectivity index (χ0) is 21.8. The van der Waals surface area contributed by atoms with E-state index in [1.54, 1.807) is 19.5 Å². The maximum atomic E-state index is 11.2. The number of rotatable bonds is 7. The number of nitro groups is 1. The zero-order valence-electron chi connectivity index (χ0n) is 17.6. The molecule has 31 heavy (non-hydrogen) atoms. The van der Waals surface area contributed by atoms with Gasteiger partial charge in [-0.15, -0.1) is 0 Å². The first kappa shape index (κ1) is 20.7. The average molecular weight is 422 g/mol. The third-order valence-corrected chi connectivity index (χ3v) is 5.49. The molecule has 9 heteroatoms. The number of fused-ring (bicyclic) bond motifs is 1. The average Bonchev–Trinajstić information content (AvgIpc) is 3.15. The SMILES string of the molecule is COC1CCN(c2ccc(N/C(=C/[N+](=O)[O-])Nc3c[nH]c4ccc(C)cc34)nc2)CC1. The van der Waals surface area contributed by atoms with E-state index >= 15 is 0 Å².